The molecule has 0 aromatic rings. The molecule has 0 N–H and O–H groups in total. The first kappa shape index (κ1) is 44.4. The maximum absolute atomic E-state index is 13.5. The van der Waals surface area contributed by atoms with Crippen molar-refractivity contribution in [1.29, 1.82) is 0 Å². The van der Waals surface area contributed by atoms with Crippen molar-refractivity contribution >= 4 is 17.9 Å². The predicted molar refractivity (Wildman–Crippen MR) is 199 cm³/mol. The predicted octanol–water partition coefficient (Wildman–Crippen LogP) is 11.8. The van der Waals surface area contributed by atoms with Gasteiger partial charge in [0.1, 0.15) is 0 Å². The Morgan fingerprint density at radius 1 is 0.417 bits per heavy atom. The first-order chi connectivity index (χ1) is 23.1. The maximum Gasteiger partial charge on any atom is 0.310 e. The molecule has 0 aliphatic heterocycles. The average Bonchev–Trinajstić information content (AvgIpc) is 3.04. The van der Waals surface area contributed by atoms with Gasteiger partial charge in [-0.3, -0.25) is 14.4 Å². The van der Waals surface area contributed by atoms with Gasteiger partial charge in [-0.25, -0.2) is 0 Å². The zero-order chi connectivity index (χ0) is 35.4. The summed E-state index contributed by atoms with van der Waals surface area (Å²) < 4.78 is 17.2. The van der Waals surface area contributed by atoms with Gasteiger partial charge in [0, 0.05) is 0 Å². The van der Waals surface area contributed by atoms with E-state index >= 15 is 0 Å². The fraction of sp³-hybridized carbons (Fsp3) is 0.929. The van der Waals surface area contributed by atoms with E-state index in [1.54, 1.807) is 0 Å². The van der Waals surface area contributed by atoms with E-state index in [2.05, 4.69) is 41.5 Å². The van der Waals surface area contributed by atoms with Crippen molar-refractivity contribution in [3.05, 3.63) is 0 Å². The molecule has 0 saturated heterocycles. The van der Waals surface area contributed by atoms with E-state index < -0.39 is 23.7 Å². The quantitative estimate of drug-likeness (QED) is 0.0427. The van der Waals surface area contributed by atoms with Crippen LogP contribution in [-0.2, 0) is 28.6 Å². The summed E-state index contributed by atoms with van der Waals surface area (Å²) >= 11 is 0. The Kier molecular flexibility index (Phi) is 27.0. The molecule has 0 bridgehead atoms. The molecule has 1 rings (SSSR count). The van der Waals surface area contributed by atoms with E-state index in [1.807, 2.05) is 0 Å². The van der Waals surface area contributed by atoms with E-state index in [0.717, 1.165) is 75.5 Å². The molecule has 0 radical (unpaired) electrons. The lowest BCUT2D eigenvalue weighted by Crippen LogP contribution is -2.44. The lowest BCUT2D eigenvalue weighted by atomic mass is 9.72. The molecule has 282 valence electrons. The average molecular weight is 679 g/mol. The number of rotatable bonds is 30. The molecule has 1 aliphatic carbocycles. The summed E-state index contributed by atoms with van der Waals surface area (Å²) in [7, 11) is 0. The molecule has 1 aliphatic rings. The number of hydrogen-bond acceptors (Lipinski definition) is 6. The molecule has 1 fully saturated rings. The molecule has 0 heterocycles. The Labute approximate surface area is 297 Å². The van der Waals surface area contributed by atoms with Crippen LogP contribution in [-0.4, -0.2) is 37.7 Å². The first-order valence-corrected chi connectivity index (χ1v) is 20.6. The van der Waals surface area contributed by atoms with E-state index in [9.17, 15) is 14.4 Å². The summed E-state index contributed by atoms with van der Waals surface area (Å²) in [5, 5.41) is 0. The van der Waals surface area contributed by atoms with Crippen LogP contribution >= 0.6 is 0 Å². The minimum absolute atomic E-state index is 0.333. The maximum atomic E-state index is 13.5. The Hall–Kier alpha value is -1.59. The molecule has 0 amide bonds. The van der Waals surface area contributed by atoms with Gasteiger partial charge in [0.25, 0.3) is 0 Å². The molecule has 48 heavy (non-hydrogen) atoms. The highest BCUT2D eigenvalue weighted by Crippen LogP contribution is 2.38. The zero-order valence-electron chi connectivity index (χ0n) is 32.5. The summed E-state index contributed by atoms with van der Waals surface area (Å²) in [5.41, 5.74) is 0. The normalized spacial score (nSPS) is 18.1. The van der Waals surface area contributed by atoms with Gasteiger partial charge >= 0.3 is 17.9 Å². The lowest BCUT2D eigenvalue weighted by molar-refractivity contribution is -0.172. The summed E-state index contributed by atoms with van der Waals surface area (Å²) in [6.07, 6.45) is 25.9. The second kappa shape index (κ2) is 29.2. The van der Waals surface area contributed by atoms with Crippen molar-refractivity contribution in [2.75, 3.05) is 19.8 Å². The third-order valence-electron chi connectivity index (χ3n) is 10.0. The van der Waals surface area contributed by atoms with Gasteiger partial charge in [0.15, 0.2) is 0 Å². The Morgan fingerprint density at radius 2 is 0.688 bits per heavy atom. The summed E-state index contributed by atoms with van der Waals surface area (Å²) in [6.45, 7) is 14.7. The van der Waals surface area contributed by atoms with Crippen LogP contribution in [0.15, 0.2) is 0 Å². The highest BCUT2D eigenvalue weighted by atomic mass is 16.5. The highest BCUT2D eigenvalue weighted by molar-refractivity contribution is 5.87. The summed E-state index contributed by atoms with van der Waals surface area (Å²) in [4.78, 5) is 40.2. The van der Waals surface area contributed by atoms with Crippen LogP contribution in [0.3, 0.4) is 0 Å². The van der Waals surface area contributed by atoms with Crippen molar-refractivity contribution in [2.24, 2.45) is 35.5 Å². The van der Waals surface area contributed by atoms with Gasteiger partial charge in [-0.05, 0) is 49.9 Å². The van der Waals surface area contributed by atoms with Gasteiger partial charge in [0.05, 0.1) is 37.6 Å². The van der Waals surface area contributed by atoms with E-state index in [-0.39, 0.29) is 11.9 Å². The van der Waals surface area contributed by atoms with E-state index in [0.29, 0.717) is 39.1 Å². The minimum atomic E-state index is -0.823. The number of ether oxygens (including phenoxy) is 3. The fourth-order valence-electron chi connectivity index (χ4n) is 6.97. The number of esters is 3. The Balaban J connectivity index is 2.58. The topological polar surface area (TPSA) is 78.9 Å². The SMILES string of the molecule is CC(C)CCCCCCCCOC(=O)C1CCCC(C(=O)OCCCCCCCCC(C)C)C1C(=O)OCCCCCCCCC(C)C. The molecular formula is C42H78O6. The second-order valence-electron chi connectivity index (χ2n) is 16.1. The number of carbonyl (C=O) groups excluding carboxylic acids is 3. The van der Waals surface area contributed by atoms with Gasteiger partial charge in [0.2, 0.25) is 0 Å². The monoisotopic (exact) mass is 679 g/mol. The second-order valence-corrected chi connectivity index (χ2v) is 16.1. The van der Waals surface area contributed by atoms with Crippen molar-refractivity contribution in [2.45, 2.75) is 196 Å². The highest BCUT2D eigenvalue weighted by Gasteiger charge is 2.47. The molecule has 0 aromatic carbocycles. The smallest absolute Gasteiger partial charge is 0.310 e. The molecule has 1 saturated carbocycles. The van der Waals surface area contributed by atoms with Crippen molar-refractivity contribution in [3.8, 4) is 0 Å². The molecule has 0 aromatic heterocycles. The summed E-state index contributed by atoms with van der Waals surface area (Å²) in [5.74, 6) is -0.973. The van der Waals surface area contributed by atoms with E-state index in [1.165, 1.54) is 77.0 Å². The molecule has 6 nitrogen and oxygen atoms in total. The van der Waals surface area contributed by atoms with Gasteiger partial charge < -0.3 is 14.2 Å². The van der Waals surface area contributed by atoms with Crippen LogP contribution in [0.2, 0.25) is 0 Å². The van der Waals surface area contributed by atoms with Crippen molar-refractivity contribution in [1.82, 2.24) is 0 Å². The molecular weight excluding hydrogens is 600 g/mol. The first-order valence-electron chi connectivity index (χ1n) is 20.6. The molecule has 2 unspecified atom stereocenters. The number of carbonyl (C=O) groups is 3. The van der Waals surface area contributed by atoms with E-state index in [4.69, 9.17) is 14.2 Å². The number of unbranched alkanes of at least 4 members (excludes halogenated alkanes) is 15. The van der Waals surface area contributed by atoms with Gasteiger partial charge in [-0.2, -0.15) is 0 Å². The van der Waals surface area contributed by atoms with Crippen LogP contribution in [0.25, 0.3) is 0 Å². The van der Waals surface area contributed by atoms with Crippen LogP contribution in [0, 0.1) is 35.5 Å². The summed E-state index contributed by atoms with van der Waals surface area (Å²) in [6, 6.07) is 0. The van der Waals surface area contributed by atoms with Crippen LogP contribution in [0.1, 0.15) is 196 Å². The minimum Gasteiger partial charge on any atom is -0.465 e. The van der Waals surface area contributed by atoms with Crippen LogP contribution < -0.4 is 0 Å². The standard InChI is InChI=1S/C42H78O6/c1-34(2)26-19-13-7-10-16-22-31-46-40(43)37-29-25-30-38(41(44)47-32-23-17-11-8-14-20-27-35(3)4)39(37)42(45)48-33-24-18-12-9-15-21-28-36(5)6/h34-39H,7-33H2,1-6H3. The third kappa shape index (κ3) is 22.9. The van der Waals surface area contributed by atoms with Crippen molar-refractivity contribution < 1.29 is 28.6 Å². The Morgan fingerprint density at radius 3 is 1.00 bits per heavy atom. The molecule has 6 heteroatoms. The van der Waals surface area contributed by atoms with Crippen LogP contribution in [0.4, 0.5) is 0 Å². The Bertz CT molecular complexity index is 760. The van der Waals surface area contributed by atoms with Gasteiger partial charge in [-0.15, -0.1) is 0 Å². The van der Waals surface area contributed by atoms with Crippen LogP contribution in [0.5, 0.6) is 0 Å². The lowest BCUT2D eigenvalue weighted by Gasteiger charge is -2.34. The molecule has 0 spiro atoms. The molecule has 2 atom stereocenters. The zero-order valence-corrected chi connectivity index (χ0v) is 32.5. The number of hydrogen-bond donors (Lipinski definition) is 0. The van der Waals surface area contributed by atoms with Gasteiger partial charge in [-0.1, -0.05) is 164 Å². The van der Waals surface area contributed by atoms with Crippen molar-refractivity contribution in [3.63, 3.8) is 0 Å². The fourth-order valence-corrected chi connectivity index (χ4v) is 6.97. The largest absolute Gasteiger partial charge is 0.465 e. The third-order valence-corrected chi connectivity index (χ3v) is 10.0.